The van der Waals surface area contributed by atoms with Gasteiger partial charge in [0.1, 0.15) is 16.5 Å². The second kappa shape index (κ2) is 6.58. The molecule has 1 aromatic heterocycles. The van der Waals surface area contributed by atoms with Crippen molar-refractivity contribution in [3.05, 3.63) is 46.5 Å². The molecule has 0 unspecified atom stereocenters. The standard InChI is InChI=1S/C15H12F5N3OS/c16-9-1-2-10(11(17)7-9)13(24)22-3-5-23(6-4-22)14-21-8-12(25-14)15(18,19)20/h1-2,7-8H,3-6H2. The maximum Gasteiger partial charge on any atom is 0.427 e. The molecular formula is C15H12F5N3OS. The van der Waals surface area contributed by atoms with Crippen LogP contribution < -0.4 is 4.90 Å². The Bertz CT molecular complexity index is 784. The molecule has 10 heteroatoms. The molecule has 0 N–H and O–H groups in total. The van der Waals surface area contributed by atoms with E-state index in [1.165, 1.54) is 4.90 Å². The summed E-state index contributed by atoms with van der Waals surface area (Å²) in [6.07, 6.45) is -3.65. The molecule has 0 saturated carbocycles. The maximum absolute atomic E-state index is 13.7. The molecule has 2 heterocycles. The molecule has 1 aliphatic heterocycles. The number of anilines is 1. The van der Waals surface area contributed by atoms with E-state index in [4.69, 9.17) is 0 Å². The van der Waals surface area contributed by atoms with Crippen molar-refractivity contribution in [1.29, 1.82) is 0 Å². The van der Waals surface area contributed by atoms with E-state index in [0.717, 1.165) is 18.3 Å². The lowest BCUT2D eigenvalue weighted by atomic mass is 10.1. The van der Waals surface area contributed by atoms with Crippen LogP contribution in [0.4, 0.5) is 27.1 Å². The number of alkyl halides is 3. The highest BCUT2D eigenvalue weighted by atomic mass is 32.1. The zero-order chi connectivity index (χ0) is 18.2. The van der Waals surface area contributed by atoms with Gasteiger partial charge in [-0.2, -0.15) is 13.2 Å². The predicted molar refractivity (Wildman–Crippen MR) is 81.6 cm³/mol. The molecule has 1 saturated heterocycles. The Morgan fingerprint density at radius 3 is 2.36 bits per heavy atom. The van der Waals surface area contributed by atoms with Gasteiger partial charge in [0.2, 0.25) is 0 Å². The number of carbonyl (C=O) groups is 1. The van der Waals surface area contributed by atoms with Crippen LogP contribution in [-0.2, 0) is 6.18 Å². The van der Waals surface area contributed by atoms with Gasteiger partial charge in [0.05, 0.1) is 11.8 Å². The Balaban J connectivity index is 1.65. The molecule has 2 aromatic rings. The maximum atomic E-state index is 13.7. The average Bonchev–Trinajstić information content (AvgIpc) is 3.05. The first-order valence-corrected chi connectivity index (χ1v) is 8.09. The molecule has 0 aliphatic carbocycles. The fourth-order valence-electron chi connectivity index (χ4n) is 2.48. The van der Waals surface area contributed by atoms with Crippen molar-refractivity contribution in [3.63, 3.8) is 0 Å². The van der Waals surface area contributed by atoms with E-state index < -0.39 is 28.6 Å². The van der Waals surface area contributed by atoms with E-state index in [0.29, 0.717) is 17.4 Å². The van der Waals surface area contributed by atoms with E-state index in [-0.39, 0.29) is 36.9 Å². The van der Waals surface area contributed by atoms with Crippen LogP contribution in [0, 0.1) is 11.6 Å². The molecule has 25 heavy (non-hydrogen) atoms. The lowest BCUT2D eigenvalue weighted by molar-refractivity contribution is -0.134. The van der Waals surface area contributed by atoms with Gasteiger partial charge in [0, 0.05) is 32.2 Å². The molecule has 1 aromatic carbocycles. The molecule has 0 spiro atoms. The van der Waals surface area contributed by atoms with E-state index in [1.54, 1.807) is 4.90 Å². The van der Waals surface area contributed by atoms with Gasteiger partial charge in [0.15, 0.2) is 5.13 Å². The summed E-state index contributed by atoms with van der Waals surface area (Å²) in [7, 11) is 0. The van der Waals surface area contributed by atoms with Gasteiger partial charge in [-0.05, 0) is 12.1 Å². The Labute approximate surface area is 143 Å². The van der Waals surface area contributed by atoms with Gasteiger partial charge in [-0.25, -0.2) is 13.8 Å². The van der Waals surface area contributed by atoms with Gasteiger partial charge < -0.3 is 9.80 Å². The number of rotatable bonds is 2. The Hall–Kier alpha value is -2.23. The molecule has 1 fully saturated rings. The zero-order valence-corrected chi connectivity index (χ0v) is 13.5. The Kier molecular flexibility index (Phi) is 4.63. The van der Waals surface area contributed by atoms with Gasteiger partial charge in [-0.15, -0.1) is 0 Å². The fraction of sp³-hybridized carbons (Fsp3) is 0.333. The van der Waals surface area contributed by atoms with Crippen LogP contribution in [0.2, 0.25) is 0 Å². The minimum atomic E-state index is -4.44. The van der Waals surface area contributed by atoms with E-state index in [9.17, 15) is 26.7 Å². The van der Waals surface area contributed by atoms with E-state index in [2.05, 4.69) is 4.98 Å². The van der Waals surface area contributed by atoms with Crippen molar-refractivity contribution in [3.8, 4) is 0 Å². The molecule has 0 radical (unpaired) electrons. The number of aromatic nitrogens is 1. The van der Waals surface area contributed by atoms with Crippen LogP contribution in [0.15, 0.2) is 24.4 Å². The molecule has 4 nitrogen and oxygen atoms in total. The minimum absolute atomic E-state index is 0.205. The molecule has 1 aliphatic rings. The summed E-state index contributed by atoms with van der Waals surface area (Å²) in [5, 5.41) is 0.229. The summed E-state index contributed by atoms with van der Waals surface area (Å²) in [5.74, 6) is -2.29. The first kappa shape index (κ1) is 17.6. The Morgan fingerprint density at radius 2 is 1.80 bits per heavy atom. The topological polar surface area (TPSA) is 36.4 Å². The molecule has 0 atom stereocenters. The molecule has 0 bridgehead atoms. The number of amides is 1. The third-order valence-corrected chi connectivity index (χ3v) is 4.87. The number of hydrogen-bond acceptors (Lipinski definition) is 4. The third kappa shape index (κ3) is 3.73. The summed E-state index contributed by atoms with van der Waals surface area (Å²) in [6, 6.07) is 2.72. The summed E-state index contributed by atoms with van der Waals surface area (Å²) in [5.41, 5.74) is -0.233. The molecule has 3 rings (SSSR count). The molecule has 134 valence electrons. The highest BCUT2D eigenvalue weighted by molar-refractivity contribution is 7.15. The first-order valence-electron chi connectivity index (χ1n) is 7.28. The SMILES string of the molecule is O=C(c1ccc(F)cc1F)N1CCN(c2ncc(C(F)(F)F)s2)CC1. The van der Waals surface area contributed by atoms with Gasteiger partial charge in [-0.1, -0.05) is 11.3 Å². The van der Waals surface area contributed by atoms with Crippen LogP contribution in [0.3, 0.4) is 0 Å². The van der Waals surface area contributed by atoms with Crippen molar-refractivity contribution in [2.75, 3.05) is 31.1 Å². The first-order chi connectivity index (χ1) is 11.8. The van der Waals surface area contributed by atoms with Crippen LogP contribution in [-0.4, -0.2) is 42.0 Å². The zero-order valence-electron chi connectivity index (χ0n) is 12.7. The van der Waals surface area contributed by atoms with Gasteiger partial charge in [0.25, 0.3) is 5.91 Å². The van der Waals surface area contributed by atoms with Crippen molar-refractivity contribution in [2.24, 2.45) is 0 Å². The lowest BCUT2D eigenvalue weighted by Gasteiger charge is -2.34. The summed E-state index contributed by atoms with van der Waals surface area (Å²) in [4.78, 5) is 18.3. The number of carbonyl (C=O) groups excluding carboxylic acids is 1. The third-order valence-electron chi connectivity index (χ3n) is 3.77. The minimum Gasteiger partial charge on any atom is -0.345 e. The predicted octanol–water partition coefficient (Wildman–Crippen LogP) is 3.40. The van der Waals surface area contributed by atoms with E-state index >= 15 is 0 Å². The highest BCUT2D eigenvalue weighted by Crippen LogP contribution is 2.36. The summed E-state index contributed by atoms with van der Waals surface area (Å²) < 4.78 is 64.5. The number of nitrogens with zero attached hydrogens (tertiary/aromatic N) is 3. The van der Waals surface area contributed by atoms with Crippen LogP contribution in [0.25, 0.3) is 0 Å². The molecular weight excluding hydrogens is 365 g/mol. The Morgan fingerprint density at radius 1 is 1.12 bits per heavy atom. The normalized spacial score (nSPS) is 15.6. The van der Waals surface area contributed by atoms with Crippen LogP contribution in [0.5, 0.6) is 0 Å². The monoisotopic (exact) mass is 377 g/mol. The second-order valence-corrected chi connectivity index (χ2v) is 6.42. The van der Waals surface area contributed by atoms with Gasteiger partial charge >= 0.3 is 6.18 Å². The van der Waals surface area contributed by atoms with Crippen LogP contribution >= 0.6 is 11.3 Å². The highest BCUT2D eigenvalue weighted by Gasteiger charge is 2.34. The van der Waals surface area contributed by atoms with Crippen LogP contribution in [0.1, 0.15) is 15.2 Å². The smallest absolute Gasteiger partial charge is 0.345 e. The van der Waals surface area contributed by atoms with Crippen molar-refractivity contribution >= 4 is 22.4 Å². The largest absolute Gasteiger partial charge is 0.427 e. The number of thiazole rings is 1. The number of halogens is 5. The van der Waals surface area contributed by atoms with Gasteiger partial charge in [-0.3, -0.25) is 4.79 Å². The molecule has 1 amide bonds. The van der Waals surface area contributed by atoms with Crippen molar-refractivity contribution in [2.45, 2.75) is 6.18 Å². The summed E-state index contributed by atoms with van der Waals surface area (Å²) in [6.45, 7) is 0.964. The van der Waals surface area contributed by atoms with Crippen molar-refractivity contribution < 1.29 is 26.7 Å². The van der Waals surface area contributed by atoms with Crippen molar-refractivity contribution in [1.82, 2.24) is 9.88 Å². The second-order valence-electron chi connectivity index (χ2n) is 5.41. The fourth-order valence-corrected chi connectivity index (χ4v) is 3.31. The quantitative estimate of drug-likeness (QED) is 0.753. The number of hydrogen-bond donors (Lipinski definition) is 0. The summed E-state index contributed by atoms with van der Waals surface area (Å²) >= 11 is 0.541. The lowest BCUT2D eigenvalue weighted by Crippen LogP contribution is -2.49. The number of benzene rings is 1. The number of piperazine rings is 1. The average molecular weight is 377 g/mol. The van der Waals surface area contributed by atoms with E-state index in [1.807, 2.05) is 0 Å².